The highest BCUT2D eigenvalue weighted by Gasteiger charge is 2.29. The lowest BCUT2D eigenvalue weighted by molar-refractivity contribution is -0.145. The van der Waals surface area contributed by atoms with E-state index in [1.165, 1.54) is 29.3 Å². The third kappa shape index (κ3) is 5.57. The number of carboxylic acids is 1. The summed E-state index contributed by atoms with van der Waals surface area (Å²) in [4.78, 5) is 35.6. The standard InChI is InChI=1S/C24H24N2O7/c1-4-31-21-13-16(6-11-20(21)33-14-22(27)32-5-2)12-19-15(3)25-26(23(19)28)18-9-7-17(8-10-18)24(29)30/h6-13H,4-5,14H2,1-3H3,(H,29,30)/b19-12-. The van der Waals surface area contributed by atoms with Crippen LogP contribution in [0, 0.1) is 0 Å². The number of carbonyl (C=O) groups excluding carboxylic acids is 2. The van der Waals surface area contributed by atoms with Gasteiger partial charge in [-0.3, -0.25) is 4.79 Å². The number of carboxylic acid groups (broad SMARTS) is 1. The van der Waals surface area contributed by atoms with Crippen LogP contribution >= 0.6 is 0 Å². The number of hydrogen-bond acceptors (Lipinski definition) is 7. The second kappa shape index (κ2) is 10.4. The Balaban J connectivity index is 1.82. The topological polar surface area (TPSA) is 115 Å². The number of aromatic carboxylic acids is 1. The molecule has 0 aromatic heterocycles. The SMILES string of the molecule is CCOC(=O)COc1ccc(/C=C2\C(=O)N(c3ccc(C(=O)O)cc3)N=C2C)cc1OCC. The van der Waals surface area contributed by atoms with E-state index in [1.807, 2.05) is 6.92 Å². The Morgan fingerprint density at radius 3 is 2.39 bits per heavy atom. The predicted molar refractivity (Wildman–Crippen MR) is 122 cm³/mol. The molecule has 2 aromatic rings. The number of carbonyl (C=O) groups is 3. The molecule has 0 saturated carbocycles. The van der Waals surface area contributed by atoms with E-state index < -0.39 is 11.9 Å². The normalized spacial score (nSPS) is 14.3. The number of nitrogens with zero attached hydrogens (tertiary/aromatic N) is 2. The van der Waals surface area contributed by atoms with Crippen LogP contribution in [0.2, 0.25) is 0 Å². The van der Waals surface area contributed by atoms with Gasteiger partial charge in [0.2, 0.25) is 0 Å². The van der Waals surface area contributed by atoms with Crippen molar-refractivity contribution in [2.24, 2.45) is 5.10 Å². The number of rotatable bonds is 9. The molecule has 0 bridgehead atoms. The van der Waals surface area contributed by atoms with Gasteiger partial charge in [-0.05, 0) is 68.8 Å². The van der Waals surface area contributed by atoms with Crippen LogP contribution in [0.15, 0.2) is 53.1 Å². The second-order valence-corrected chi connectivity index (χ2v) is 6.95. The summed E-state index contributed by atoms with van der Waals surface area (Å²) in [6, 6.07) is 11.0. The Bertz CT molecular complexity index is 1120. The fraction of sp³-hybridized carbons (Fsp3) is 0.250. The van der Waals surface area contributed by atoms with Gasteiger partial charge in [0.25, 0.3) is 5.91 Å². The van der Waals surface area contributed by atoms with Crippen LogP contribution in [-0.4, -0.2) is 48.5 Å². The summed E-state index contributed by atoms with van der Waals surface area (Å²) < 4.78 is 16.0. The van der Waals surface area contributed by atoms with Crippen molar-refractivity contribution in [1.82, 2.24) is 0 Å². The maximum absolute atomic E-state index is 13.0. The van der Waals surface area contributed by atoms with Crippen molar-refractivity contribution in [1.29, 1.82) is 0 Å². The number of hydrogen-bond donors (Lipinski definition) is 1. The summed E-state index contributed by atoms with van der Waals surface area (Å²) in [5, 5.41) is 14.6. The average molecular weight is 452 g/mol. The molecular weight excluding hydrogens is 428 g/mol. The Kier molecular flexibility index (Phi) is 7.45. The highest BCUT2D eigenvalue weighted by atomic mass is 16.6. The zero-order valence-corrected chi connectivity index (χ0v) is 18.5. The van der Waals surface area contributed by atoms with E-state index in [9.17, 15) is 14.4 Å². The number of amides is 1. The molecule has 2 aromatic carbocycles. The summed E-state index contributed by atoms with van der Waals surface area (Å²) >= 11 is 0. The molecule has 1 N–H and O–H groups in total. The molecule has 0 spiro atoms. The average Bonchev–Trinajstić information content (AvgIpc) is 3.07. The highest BCUT2D eigenvalue weighted by molar-refractivity contribution is 6.32. The van der Waals surface area contributed by atoms with Crippen molar-refractivity contribution < 1.29 is 33.7 Å². The largest absolute Gasteiger partial charge is 0.490 e. The van der Waals surface area contributed by atoms with Gasteiger partial charge in [0.15, 0.2) is 18.1 Å². The maximum atomic E-state index is 13.0. The van der Waals surface area contributed by atoms with E-state index >= 15 is 0 Å². The van der Waals surface area contributed by atoms with Crippen LogP contribution in [0.3, 0.4) is 0 Å². The van der Waals surface area contributed by atoms with Crippen LogP contribution < -0.4 is 14.5 Å². The van der Waals surface area contributed by atoms with Crippen molar-refractivity contribution in [3.05, 3.63) is 59.2 Å². The van der Waals surface area contributed by atoms with Crippen LogP contribution in [0.25, 0.3) is 6.08 Å². The molecule has 0 radical (unpaired) electrons. The predicted octanol–water partition coefficient (Wildman–Crippen LogP) is 3.53. The monoisotopic (exact) mass is 452 g/mol. The van der Waals surface area contributed by atoms with Gasteiger partial charge in [-0.1, -0.05) is 6.07 Å². The van der Waals surface area contributed by atoms with Gasteiger partial charge in [0.1, 0.15) is 0 Å². The van der Waals surface area contributed by atoms with Gasteiger partial charge in [-0.25, -0.2) is 9.59 Å². The number of esters is 1. The molecular formula is C24H24N2O7. The van der Waals surface area contributed by atoms with E-state index in [4.69, 9.17) is 19.3 Å². The molecule has 1 heterocycles. The van der Waals surface area contributed by atoms with Crippen molar-refractivity contribution in [2.45, 2.75) is 20.8 Å². The smallest absolute Gasteiger partial charge is 0.344 e. The minimum absolute atomic E-state index is 0.121. The zero-order valence-electron chi connectivity index (χ0n) is 18.5. The highest BCUT2D eigenvalue weighted by Crippen LogP contribution is 2.31. The molecule has 0 unspecified atom stereocenters. The lowest BCUT2D eigenvalue weighted by Gasteiger charge is -2.13. The maximum Gasteiger partial charge on any atom is 0.344 e. The summed E-state index contributed by atoms with van der Waals surface area (Å²) in [5.41, 5.74) is 2.17. The first-order valence-corrected chi connectivity index (χ1v) is 10.3. The minimum atomic E-state index is -1.05. The van der Waals surface area contributed by atoms with Crippen LogP contribution in [-0.2, 0) is 14.3 Å². The third-order valence-corrected chi connectivity index (χ3v) is 4.65. The Hall–Kier alpha value is -4.14. The molecule has 9 heteroatoms. The molecule has 1 amide bonds. The third-order valence-electron chi connectivity index (χ3n) is 4.65. The molecule has 0 saturated heterocycles. The molecule has 9 nitrogen and oxygen atoms in total. The first-order chi connectivity index (χ1) is 15.8. The fourth-order valence-corrected chi connectivity index (χ4v) is 3.11. The zero-order chi connectivity index (χ0) is 24.0. The molecule has 1 aliphatic rings. The van der Waals surface area contributed by atoms with Crippen molar-refractivity contribution in [3.63, 3.8) is 0 Å². The first-order valence-electron chi connectivity index (χ1n) is 10.3. The van der Waals surface area contributed by atoms with Crippen LogP contribution in [0.4, 0.5) is 5.69 Å². The van der Waals surface area contributed by atoms with E-state index in [1.54, 1.807) is 38.1 Å². The molecule has 0 aliphatic carbocycles. The molecule has 3 rings (SSSR count). The van der Waals surface area contributed by atoms with Gasteiger partial charge in [0.05, 0.1) is 35.7 Å². The number of benzene rings is 2. The minimum Gasteiger partial charge on any atom is -0.490 e. The number of anilines is 1. The van der Waals surface area contributed by atoms with Crippen molar-refractivity contribution in [3.8, 4) is 11.5 Å². The summed E-state index contributed by atoms with van der Waals surface area (Å²) in [5.74, 6) is -1.05. The summed E-state index contributed by atoms with van der Waals surface area (Å²) in [6.45, 7) is 5.67. The lowest BCUT2D eigenvalue weighted by Crippen LogP contribution is -2.21. The van der Waals surface area contributed by atoms with Crippen molar-refractivity contribution in [2.75, 3.05) is 24.8 Å². The van der Waals surface area contributed by atoms with Crippen LogP contribution in [0.5, 0.6) is 11.5 Å². The lowest BCUT2D eigenvalue weighted by atomic mass is 10.1. The van der Waals surface area contributed by atoms with Gasteiger partial charge < -0.3 is 19.3 Å². The number of ether oxygens (including phenoxy) is 3. The molecule has 1 aliphatic heterocycles. The summed E-state index contributed by atoms with van der Waals surface area (Å²) in [7, 11) is 0. The second-order valence-electron chi connectivity index (χ2n) is 6.95. The van der Waals surface area contributed by atoms with Gasteiger partial charge >= 0.3 is 11.9 Å². The first kappa shape index (κ1) is 23.5. The van der Waals surface area contributed by atoms with Crippen LogP contribution in [0.1, 0.15) is 36.7 Å². The Morgan fingerprint density at radius 1 is 1.03 bits per heavy atom. The molecule has 172 valence electrons. The van der Waals surface area contributed by atoms with E-state index in [0.717, 1.165) is 0 Å². The Labute approximate surface area is 190 Å². The van der Waals surface area contributed by atoms with E-state index in [0.29, 0.717) is 40.6 Å². The quantitative estimate of drug-likeness (QED) is 0.457. The van der Waals surface area contributed by atoms with E-state index in [2.05, 4.69) is 5.10 Å². The number of hydrazone groups is 1. The summed E-state index contributed by atoms with van der Waals surface area (Å²) in [6.07, 6.45) is 1.68. The fourth-order valence-electron chi connectivity index (χ4n) is 3.11. The molecule has 0 atom stereocenters. The van der Waals surface area contributed by atoms with Gasteiger partial charge in [0, 0.05) is 0 Å². The van der Waals surface area contributed by atoms with Gasteiger partial charge in [-0.2, -0.15) is 10.1 Å². The van der Waals surface area contributed by atoms with E-state index in [-0.39, 0.29) is 24.7 Å². The van der Waals surface area contributed by atoms with Gasteiger partial charge in [-0.15, -0.1) is 0 Å². The Morgan fingerprint density at radius 2 is 1.76 bits per heavy atom. The molecule has 0 fully saturated rings. The van der Waals surface area contributed by atoms with Crippen molar-refractivity contribution >= 4 is 35.3 Å². The molecule has 33 heavy (non-hydrogen) atoms.